The molecule has 1 N–H and O–H groups in total. The number of hydrogen-bond donors (Lipinski definition) is 1. The van der Waals surface area contributed by atoms with Crippen molar-refractivity contribution in [2.45, 2.75) is 18.0 Å². The first-order chi connectivity index (χ1) is 7.27. The van der Waals surface area contributed by atoms with Crippen LogP contribution >= 0.6 is 11.6 Å². The monoisotopic (exact) mass is 256 g/mol. The molecule has 0 aromatic heterocycles. The number of alkyl halides is 4. The zero-order chi connectivity index (χ0) is 12.5. The Morgan fingerprint density at radius 1 is 1.62 bits per heavy atom. The lowest BCUT2D eigenvalue weighted by atomic mass is 9.99. The van der Waals surface area contributed by atoms with Crippen LogP contribution in [0.5, 0.6) is 0 Å². The summed E-state index contributed by atoms with van der Waals surface area (Å²) in [6, 6.07) is 0. The SMILES string of the molecule is CNC1=C([N+](=O)[O-])C=C(C(F)(F)F)CC1Cl. The van der Waals surface area contributed by atoms with Crippen LogP contribution in [0.4, 0.5) is 13.2 Å². The molecule has 0 spiro atoms. The van der Waals surface area contributed by atoms with Crippen LogP contribution in [0.3, 0.4) is 0 Å². The maximum Gasteiger partial charge on any atom is 0.413 e. The van der Waals surface area contributed by atoms with Crippen molar-refractivity contribution in [2.24, 2.45) is 0 Å². The Hall–Kier alpha value is -1.24. The summed E-state index contributed by atoms with van der Waals surface area (Å²) in [5.74, 6) is 0. The number of nitro groups is 1. The molecule has 0 aliphatic heterocycles. The summed E-state index contributed by atoms with van der Waals surface area (Å²) in [4.78, 5) is 9.70. The molecular weight excluding hydrogens is 249 g/mol. The van der Waals surface area contributed by atoms with E-state index in [1.54, 1.807) is 0 Å². The van der Waals surface area contributed by atoms with E-state index < -0.39 is 34.2 Å². The van der Waals surface area contributed by atoms with Gasteiger partial charge in [0.1, 0.15) is 5.70 Å². The molecule has 0 aromatic rings. The zero-order valence-corrected chi connectivity index (χ0v) is 8.89. The molecule has 90 valence electrons. The van der Waals surface area contributed by atoms with Crippen molar-refractivity contribution in [3.63, 3.8) is 0 Å². The second-order valence-corrected chi connectivity index (χ2v) is 3.67. The van der Waals surface area contributed by atoms with E-state index in [0.29, 0.717) is 6.08 Å². The smallest absolute Gasteiger partial charge is 0.385 e. The third-order valence-corrected chi connectivity index (χ3v) is 2.50. The topological polar surface area (TPSA) is 55.2 Å². The third-order valence-electron chi connectivity index (χ3n) is 2.13. The van der Waals surface area contributed by atoms with Gasteiger partial charge >= 0.3 is 6.18 Å². The van der Waals surface area contributed by atoms with Gasteiger partial charge in [0.25, 0.3) is 5.70 Å². The van der Waals surface area contributed by atoms with Crippen molar-refractivity contribution >= 4 is 11.6 Å². The summed E-state index contributed by atoms with van der Waals surface area (Å²) in [5, 5.41) is 12.0. The zero-order valence-electron chi connectivity index (χ0n) is 8.14. The highest BCUT2D eigenvalue weighted by Crippen LogP contribution is 2.36. The van der Waals surface area contributed by atoms with Gasteiger partial charge in [0.15, 0.2) is 0 Å². The van der Waals surface area contributed by atoms with Crippen LogP contribution in [0.1, 0.15) is 6.42 Å². The summed E-state index contributed by atoms with van der Waals surface area (Å²) in [5.41, 5.74) is -1.63. The second kappa shape index (κ2) is 4.32. The minimum atomic E-state index is -4.59. The Bertz CT molecular complexity index is 376. The van der Waals surface area contributed by atoms with Gasteiger partial charge in [-0.3, -0.25) is 10.1 Å². The minimum Gasteiger partial charge on any atom is -0.385 e. The highest BCUT2D eigenvalue weighted by molar-refractivity contribution is 6.22. The van der Waals surface area contributed by atoms with Crippen LogP contribution < -0.4 is 5.32 Å². The van der Waals surface area contributed by atoms with Gasteiger partial charge in [-0.25, -0.2) is 0 Å². The second-order valence-electron chi connectivity index (χ2n) is 3.15. The van der Waals surface area contributed by atoms with Gasteiger partial charge in [0.05, 0.1) is 10.3 Å². The molecule has 1 aliphatic rings. The van der Waals surface area contributed by atoms with Crippen LogP contribution in [0.2, 0.25) is 0 Å². The molecule has 0 heterocycles. The first kappa shape index (κ1) is 12.8. The van der Waals surface area contributed by atoms with Crippen molar-refractivity contribution in [1.82, 2.24) is 5.32 Å². The molecule has 1 aliphatic carbocycles. The molecule has 0 saturated carbocycles. The van der Waals surface area contributed by atoms with Crippen LogP contribution in [-0.2, 0) is 0 Å². The highest BCUT2D eigenvalue weighted by Gasteiger charge is 2.40. The maximum atomic E-state index is 12.4. The van der Waals surface area contributed by atoms with E-state index in [9.17, 15) is 23.3 Å². The molecule has 4 nitrogen and oxygen atoms in total. The molecule has 1 rings (SSSR count). The largest absolute Gasteiger partial charge is 0.413 e. The van der Waals surface area contributed by atoms with E-state index >= 15 is 0 Å². The standard InChI is InChI=1S/C8H8ClF3N2O2/c1-13-7-5(9)2-4(8(10,11)12)3-6(7)14(15)16/h3,5,13H,2H2,1H3. The maximum absolute atomic E-state index is 12.4. The van der Waals surface area contributed by atoms with Gasteiger partial charge in [-0.05, 0) is 6.42 Å². The van der Waals surface area contributed by atoms with Crippen LogP contribution in [0.15, 0.2) is 23.0 Å². The Morgan fingerprint density at radius 2 is 2.19 bits per heavy atom. The summed E-state index contributed by atoms with van der Waals surface area (Å²) in [6.07, 6.45) is -4.54. The number of allylic oxidation sites excluding steroid dienone is 3. The summed E-state index contributed by atoms with van der Waals surface area (Å²) < 4.78 is 37.2. The first-order valence-electron chi connectivity index (χ1n) is 4.25. The molecule has 16 heavy (non-hydrogen) atoms. The average Bonchev–Trinajstić information content (AvgIpc) is 2.14. The van der Waals surface area contributed by atoms with E-state index in [0.717, 1.165) is 0 Å². The summed E-state index contributed by atoms with van der Waals surface area (Å²) >= 11 is 5.66. The molecule has 0 aromatic carbocycles. The summed E-state index contributed by atoms with van der Waals surface area (Å²) in [6.45, 7) is 0. The minimum absolute atomic E-state index is 0.000309. The van der Waals surface area contributed by atoms with E-state index in [4.69, 9.17) is 11.6 Å². The van der Waals surface area contributed by atoms with Crippen molar-refractivity contribution < 1.29 is 18.1 Å². The quantitative estimate of drug-likeness (QED) is 0.468. The van der Waals surface area contributed by atoms with E-state index in [-0.39, 0.29) is 5.70 Å². The molecule has 0 fully saturated rings. The van der Waals surface area contributed by atoms with E-state index in [1.165, 1.54) is 7.05 Å². The average molecular weight is 257 g/mol. The molecule has 1 unspecified atom stereocenters. The Balaban J connectivity index is 3.23. The van der Waals surface area contributed by atoms with Crippen LogP contribution in [0.25, 0.3) is 0 Å². The van der Waals surface area contributed by atoms with Gasteiger partial charge in [-0.15, -0.1) is 11.6 Å². The number of nitrogens with zero attached hydrogens (tertiary/aromatic N) is 1. The van der Waals surface area contributed by atoms with Gasteiger partial charge in [0.2, 0.25) is 0 Å². The lowest BCUT2D eigenvalue weighted by Gasteiger charge is -2.21. The Kier molecular flexibility index (Phi) is 3.47. The lowest BCUT2D eigenvalue weighted by molar-refractivity contribution is -0.421. The van der Waals surface area contributed by atoms with Gasteiger partial charge in [0, 0.05) is 18.7 Å². The predicted molar refractivity (Wildman–Crippen MR) is 51.5 cm³/mol. The number of hydrogen-bond acceptors (Lipinski definition) is 3. The normalized spacial score (nSPS) is 21.8. The van der Waals surface area contributed by atoms with Crippen molar-refractivity contribution in [1.29, 1.82) is 0 Å². The third kappa shape index (κ3) is 2.46. The number of nitrogens with one attached hydrogen (secondary N) is 1. The predicted octanol–water partition coefficient (Wildman–Crippen LogP) is 2.19. The molecular formula is C8H8ClF3N2O2. The highest BCUT2D eigenvalue weighted by atomic mass is 35.5. The molecule has 0 saturated heterocycles. The molecule has 0 bridgehead atoms. The molecule has 8 heteroatoms. The van der Waals surface area contributed by atoms with Crippen LogP contribution in [0, 0.1) is 10.1 Å². The van der Waals surface area contributed by atoms with Gasteiger partial charge in [-0.2, -0.15) is 13.2 Å². The number of rotatable bonds is 2. The lowest BCUT2D eigenvalue weighted by Crippen LogP contribution is -2.28. The first-order valence-corrected chi connectivity index (χ1v) is 4.69. The van der Waals surface area contributed by atoms with Crippen LogP contribution in [-0.4, -0.2) is 23.5 Å². The molecule has 0 amide bonds. The summed E-state index contributed by atoms with van der Waals surface area (Å²) in [7, 11) is 1.38. The van der Waals surface area contributed by atoms with E-state index in [1.807, 2.05) is 0 Å². The van der Waals surface area contributed by atoms with Crippen molar-refractivity contribution in [3.05, 3.63) is 33.2 Å². The molecule has 1 atom stereocenters. The fourth-order valence-electron chi connectivity index (χ4n) is 1.39. The van der Waals surface area contributed by atoms with Gasteiger partial charge in [-0.1, -0.05) is 0 Å². The molecule has 0 radical (unpaired) electrons. The Labute approximate surface area is 93.9 Å². The Morgan fingerprint density at radius 3 is 2.56 bits per heavy atom. The number of halogens is 4. The fraction of sp³-hybridized carbons (Fsp3) is 0.500. The van der Waals surface area contributed by atoms with Crippen molar-refractivity contribution in [3.8, 4) is 0 Å². The van der Waals surface area contributed by atoms with Crippen molar-refractivity contribution in [2.75, 3.05) is 7.05 Å². The van der Waals surface area contributed by atoms with Gasteiger partial charge < -0.3 is 5.32 Å². The fourth-order valence-corrected chi connectivity index (χ4v) is 1.78. The van der Waals surface area contributed by atoms with E-state index in [2.05, 4.69) is 5.32 Å².